The molecule has 1 atom stereocenters. The summed E-state index contributed by atoms with van der Waals surface area (Å²) in [5, 5.41) is 3.80. The fourth-order valence-corrected chi connectivity index (χ4v) is 1.24. The van der Waals surface area contributed by atoms with Gasteiger partial charge < -0.3 is 10.1 Å². The van der Waals surface area contributed by atoms with Gasteiger partial charge in [0.2, 0.25) is 0 Å². The van der Waals surface area contributed by atoms with Crippen LogP contribution in [0.5, 0.6) is 5.75 Å². The van der Waals surface area contributed by atoms with Crippen molar-refractivity contribution in [3.63, 3.8) is 0 Å². The maximum absolute atomic E-state index is 5.77. The number of likely N-dealkylation sites (N-methyl/N-ethyl adjacent to an activating group) is 1. The van der Waals surface area contributed by atoms with Crippen molar-refractivity contribution in [3.05, 3.63) is 23.5 Å². The molecular formula is C10H15ClN2O. The number of nitrogens with one attached hydrogen (secondary N) is 1. The lowest BCUT2D eigenvalue weighted by Crippen LogP contribution is -2.28. The maximum atomic E-state index is 5.77. The predicted octanol–water partition coefficient (Wildman–Crippen LogP) is 2.11. The molecule has 0 fully saturated rings. The average Bonchev–Trinajstić information content (AvgIpc) is 2.15. The number of aromatic nitrogens is 1. The highest BCUT2D eigenvalue weighted by atomic mass is 35.5. The topological polar surface area (TPSA) is 34.1 Å². The average molecular weight is 215 g/mol. The minimum Gasteiger partial charge on any atom is -0.488 e. The Morgan fingerprint density at radius 1 is 1.57 bits per heavy atom. The number of hydrogen-bond donors (Lipinski definition) is 1. The minimum absolute atomic E-state index is 0.121. The van der Waals surface area contributed by atoms with E-state index in [1.807, 2.05) is 6.92 Å². The van der Waals surface area contributed by atoms with Crippen molar-refractivity contribution in [1.82, 2.24) is 10.3 Å². The predicted molar refractivity (Wildman–Crippen MR) is 57.9 cm³/mol. The van der Waals surface area contributed by atoms with Crippen LogP contribution in [0.3, 0.4) is 0 Å². The van der Waals surface area contributed by atoms with Gasteiger partial charge in [0.1, 0.15) is 11.9 Å². The standard InChI is InChI=1S/C10H15ClN2O/c1-3-12-5-8(2)14-10-4-9(11)6-13-7-10/h4,6-8,12H,3,5H2,1-2H3. The SMILES string of the molecule is CCNCC(C)Oc1cncc(Cl)c1. The van der Waals surface area contributed by atoms with Gasteiger partial charge in [0.15, 0.2) is 0 Å². The molecule has 1 aromatic rings. The molecule has 0 aliphatic heterocycles. The Balaban J connectivity index is 2.43. The fourth-order valence-electron chi connectivity index (χ4n) is 1.08. The Morgan fingerprint density at radius 3 is 3.00 bits per heavy atom. The summed E-state index contributed by atoms with van der Waals surface area (Å²) in [4.78, 5) is 3.94. The van der Waals surface area contributed by atoms with Crippen molar-refractivity contribution in [2.24, 2.45) is 0 Å². The molecule has 1 N–H and O–H groups in total. The number of ether oxygens (including phenoxy) is 1. The summed E-state index contributed by atoms with van der Waals surface area (Å²) >= 11 is 5.77. The maximum Gasteiger partial charge on any atom is 0.139 e. The van der Waals surface area contributed by atoms with E-state index in [1.165, 1.54) is 0 Å². The molecule has 3 nitrogen and oxygen atoms in total. The van der Waals surface area contributed by atoms with Gasteiger partial charge >= 0.3 is 0 Å². The van der Waals surface area contributed by atoms with E-state index in [0.29, 0.717) is 10.8 Å². The molecule has 0 aliphatic carbocycles. The van der Waals surface area contributed by atoms with Crippen LogP contribution in [0.4, 0.5) is 0 Å². The van der Waals surface area contributed by atoms with E-state index in [1.54, 1.807) is 18.5 Å². The Bertz CT molecular complexity index is 281. The van der Waals surface area contributed by atoms with Crippen molar-refractivity contribution in [2.75, 3.05) is 13.1 Å². The van der Waals surface area contributed by atoms with Crippen LogP contribution >= 0.6 is 11.6 Å². The van der Waals surface area contributed by atoms with Crippen LogP contribution in [-0.4, -0.2) is 24.2 Å². The molecule has 0 bridgehead atoms. The highest BCUT2D eigenvalue weighted by Gasteiger charge is 2.03. The molecule has 0 aliphatic rings. The van der Waals surface area contributed by atoms with Crippen molar-refractivity contribution in [1.29, 1.82) is 0 Å². The molecule has 0 aromatic carbocycles. The van der Waals surface area contributed by atoms with Crippen molar-refractivity contribution < 1.29 is 4.74 Å². The fraction of sp³-hybridized carbons (Fsp3) is 0.500. The molecule has 0 saturated heterocycles. The van der Waals surface area contributed by atoms with Crippen LogP contribution in [0.15, 0.2) is 18.5 Å². The zero-order chi connectivity index (χ0) is 10.4. The number of halogens is 1. The molecular weight excluding hydrogens is 200 g/mol. The van der Waals surface area contributed by atoms with Crippen LogP contribution < -0.4 is 10.1 Å². The van der Waals surface area contributed by atoms with Crippen molar-refractivity contribution >= 4 is 11.6 Å². The lowest BCUT2D eigenvalue weighted by Gasteiger charge is -2.14. The molecule has 1 aromatic heterocycles. The largest absolute Gasteiger partial charge is 0.488 e. The minimum atomic E-state index is 0.121. The van der Waals surface area contributed by atoms with Gasteiger partial charge in [-0.15, -0.1) is 0 Å². The zero-order valence-electron chi connectivity index (χ0n) is 8.46. The summed E-state index contributed by atoms with van der Waals surface area (Å²) in [6.07, 6.45) is 3.37. The van der Waals surface area contributed by atoms with E-state index in [4.69, 9.17) is 16.3 Å². The van der Waals surface area contributed by atoms with E-state index >= 15 is 0 Å². The number of hydrogen-bond acceptors (Lipinski definition) is 3. The Hall–Kier alpha value is -0.800. The molecule has 1 heterocycles. The Labute approximate surface area is 89.4 Å². The Kier molecular flexibility index (Phi) is 4.70. The van der Waals surface area contributed by atoms with Crippen LogP contribution in [0.2, 0.25) is 5.02 Å². The third-order valence-corrected chi connectivity index (χ3v) is 1.91. The second kappa shape index (κ2) is 5.83. The lowest BCUT2D eigenvalue weighted by molar-refractivity contribution is 0.217. The van der Waals surface area contributed by atoms with Gasteiger partial charge in [-0.1, -0.05) is 18.5 Å². The van der Waals surface area contributed by atoms with Gasteiger partial charge in [-0.3, -0.25) is 4.98 Å². The van der Waals surface area contributed by atoms with Crippen LogP contribution in [-0.2, 0) is 0 Å². The van der Waals surface area contributed by atoms with Crippen LogP contribution in [0.25, 0.3) is 0 Å². The number of rotatable bonds is 5. The molecule has 1 rings (SSSR count). The monoisotopic (exact) mass is 214 g/mol. The zero-order valence-corrected chi connectivity index (χ0v) is 9.21. The van der Waals surface area contributed by atoms with E-state index in [0.717, 1.165) is 13.1 Å². The van der Waals surface area contributed by atoms with Gasteiger partial charge in [0, 0.05) is 18.8 Å². The summed E-state index contributed by atoms with van der Waals surface area (Å²) in [6.45, 7) is 5.84. The molecule has 0 radical (unpaired) electrons. The molecule has 78 valence electrons. The van der Waals surface area contributed by atoms with Crippen molar-refractivity contribution in [2.45, 2.75) is 20.0 Å². The molecule has 4 heteroatoms. The quantitative estimate of drug-likeness (QED) is 0.815. The normalized spacial score (nSPS) is 12.5. The first kappa shape index (κ1) is 11.3. The number of nitrogens with zero attached hydrogens (tertiary/aromatic N) is 1. The van der Waals surface area contributed by atoms with Gasteiger partial charge in [-0.05, 0) is 13.5 Å². The van der Waals surface area contributed by atoms with Crippen molar-refractivity contribution in [3.8, 4) is 5.75 Å². The molecule has 1 unspecified atom stereocenters. The smallest absolute Gasteiger partial charge is 0.139 e. The molecule has 14 heavy (non-hydrogen) atoms. The van der Waals surface area contributed by atoms with Gasteiger partial charge in [0.05, 0.1) is 11.2 Å². The lowest BCUT2D eigenvalue weighted by atomic mass is 10.4. The third kappa shape index (κ3) is 3.94. The summed E-state index contributed by atoms with van der Waals surface area (Å²) in [5.41, 5.74) is 0. The van der Waals surface area contributed by atoms with E-state index in [2.05, 4.69) is 17.2 Å². The second-order valence-electron chi connectivity index (χ2n) is 3.08. The van der Waals surface area contributed by atoms with Crippen LogP contribution in [0, 0.1) is 0 Å². The summed E-state index contributed by atoms with van der Waals surface area (Å²) in [6, 6.07) is 1.76. The van der Waals surface area contributed by atoms with E-state index in [-0.39, 0.29) is 6.10 Å². The first-order valence-electron chi connectivity index (χ1n) is 4.70. The van der Waals surface area contributed by atoms with E-state index in [9.17, 15) is 0 Å². The Morgan fingerprint density at radius 2 is 2.36 bits per heavy atom. The summed E-state index contributed by atoms with van der Waals surface area (Å²) in [7, 11) is 0. The van der Waals surface area contributed by atoms with Gasteiger partial charge in [-0.25, -0.2) is 0 Å². The first-order chi connectivity index (χ1) is 6.72. The second-order valence-corrected chi connectivity index (χ2v) is 3.51. The van der Waals surface area contributed by atoms with Gasteiger partial charge in [-0.2, -0.15) is 0 Å². The first-order valence-corrected chi connectivity index (χ1v) is 5.08. The molecule has 0 spiro atoms. The molecule has 0 amide bonds. The summed E-state index contributed by atoms with van der Waals surface area (Å²) in [5.74, 6) is 0.711. The van der Waals surface area contributed by atoms with Crippen LogP contribution in [0.1, 0.15) is 13.8 Å². The highest BCUT2D eigenvalue weighted by molar-refractivity contribution is 6.30. The van der Waals surface area contributed by atoms with E-state index < -0.39 is 0 Å². The highest BCUT2D eigenvalue weighted by Crippen LogP contribution is 2.16. The number of pyridine rings is 1. The third-order valence-electron chi connectivity index (χ3n) is 1.70. The molecule has 0 saturated carbocycles. The van der Waals surface area contributed by atoms with Gasteiger partial charge in [0.25, 0.3) is 0 Å². The summed E-state index contributed by atoms with van der Waals surface area (Å²) < 4.78 is 5.59.